The summed E-state index contributed by atoms with van der Waals surface area (Å²) in [6.07, 6.45) is 14.9. The predicted molar refractivity (Wildman–Crippen MR) is 378 cm³/mol. The minimum atomic E-state index is -0.981. The maximum atomic E-state index is 14.7. The van der Waals surface area contributed by atoms with E-state index in [0.717, 1.165) is 86.5 Å². The third kappa shape index (κ3) is 17.0. The summed E-state index contributed by atoms with van der Waals surface area (Å²) in [6, 6.07) is 22.4. The summed E-state index contributed by atoms with van der Waals surface area (Å²) >= 11 is 5.34. The number of aliphatic hydroxyl groups excluding tert-OH is 2. The molecule has 2 amide bonds. The summed E-state index contributed by atoms with van der Waals surface area (Å²) in [5, 5.41) is 42.6. The van der Waals surface area contributed by atoms with Gasteiger partial charge in [0.25, 0.3) is 0 Å². The number of carboxylic acid groups (broad SMARTS) is 1. The van der Waals surface area contributed by atoms with Crippen LogP contribution in [0.4, 0.5) is 48.1 Å². The molecule has 3 aromatic carbocycles. The number of nitrogens with zero attached hydrogens (tertiary/aromatic N) is 6. The Balaban J connectivity index is 0.000000132. The second kappa shape index (κ2) is 32.5. The van der Waals surface area contributed by atoms with Crippen molar-refractivity contribution < 1.29 is 52.4 Å². The van der Waals surface area contributed by atoms with Crippen molar-refractivity contribution in [3.8, 4) is 0 Å². The van der Waals surface area contributed by atoms with Gasteiger partial charge in [0.15, 0.2) is 23.2 Å². The van der Waals surface area contributed by atoms with E-state index in [1.165, 1.54) is 31.3 Å². The summed E-state index contributed by atoms with van der Waals surface area (Å²) < 4.78 is 48.7. The largest absolute Gasteiger partial charge is 0.478 e. The third-order valence-corrected chi connectivity index (χ3v) is 25.9. The van der Waals surface area contributed by atoms with E-state index >= 15 is 0 Å². The SMILES string of the molecule is C1CCOC1.C=CC(=O)NC[C@H]1[C@H]2C[C@H]3[C@H]1Cc1nc(ncc1F)Nc1cccc(c1)C(O)CS[C@@H]3C2.C=CC(=O)O.NC(=O)[C@H]1[C@H]2C[C@H]3[C@H]1Cc1nc(ncc1F)Nc1cccc(c1)C(=O)CS[C@@H]3C2.NC[C@H]1[C@H]2C[C@H]3[C@H]1Cc1nc(ncc1F)Nc1cccc(c1)C(O)CS[C@@H]3C2. The van der Waals surface area contributed by atoms with Gasteiger partial charge in [-0.1, -0.05) is 49.6 Å². The maximum absolute atomic E-state index is 14.7. The lowest BCUT2D eigenvalue weighted by Gasteiger charge is -2.36. The molecule has 99 heavy (non-hydrogen) atoms. The van der Waals surface area contributed by atoms with E-state index in [9.17, 15) is 42.6 Å². The number of Topliss-reactive ketones (excluding diaryl/α,β-unsaturated/α-hetero) is 1. The lowest BCUT2D eigenvalue weighted by Crippen LogP contribution is -2.39. The van der Waals surface area contributed by atoms with Crippen molar-refractivity contribution in [2.75, 3.05) is 59.5 Å². The number of hydrogen-bond acceptors (Lipinski definition) is 20. The first kappa shape index (κ1) is 71.4. The number of aliphatic carboxylic acids is 1. The number of benzene rings is 3. The molecule has 3 aromatic heterocycles. The Kier molecular flexibility index (Phi) is 23.4. The normalized spacial score (nSPS) is 30.0. The van der Waals surface area contributed by atoms with Crippen molar-refractivity contribution in [2.24, 2.45) is 82.5 Å². The van der Waals surface area contributed by atoms with Gasteiger partial charge in [-0.15, -0.1) is 11.8 Å². The van der Waals surface area contributed by atoms with Gasteiger partial charge in [0.2, 0.25) is 29.7 Å². The van der Waals surface area contributed by atoms with Crippen molar-refractivity contribution >= 4 is 93.8 Å². The first-order valence-corrected chi connectivity index (χ1v) is 37.3. The number of thioether (sulfide) groups is 3. The van der Waals surface area contributed by atoms with E-state index in [0.29, 0.717) is 136 Å². The Morgan fingerprint density at radius 3 is 1.53 bits per heavy atom. The monoisotopic (exact) mass is 1410 g/mol. The van der Waals surface area contributed by atoms with Gasteiger partial charge < -0.3 is 52.8 Å². The van der Waals surface area contributed by atoms with Crippen LogP contribution in [0.5, 0.6) is 0 Å². The van der Waals surface area contributed by atoms with Crippen molar-refractivity contribution in [3.05, 3.63) is 168 Å². The zero-order valence-electron chi connectivity index (χ0n) is 54.9. The summed E-state index contributed by atoms with van der Waals surface area (Å²) in [5.74, 6) is 3.45. The number of carbonyl (C=O) groups excluding carboxylic acids is 3. The maximum Gasteiger partial charge on any atom is 0.327 e. The fourth-order valence-corrected chi connectivity index (χ4v) is 21.7. The number of halogens is 3. The number of ether oxygens (including phenoxy) is 1. The van der Waals surface area contributed by atoms with Gasteiger partial charge in [-0.2, -0.15) is 23.5 Å². The Morgan fingerprint density at radius 1 is 0.606 bits per heavy atom. The summed E-state index contributed by atoms with van der Waals surface area (Å²) in [6.45, 7) is 9.71. The molecule has 7 heterocycles. The number of carbonyl (C=O) groups is 4. The number of nitrogens with two attached hydrogens (primary N) is 2. The minimum Gasteiger partial charge on any atom is -0.478 e. The van der Waals surface area contributed by atoms with Crippen molar-refractivity contribution in [1.29, 1.82) is 0 Å². The molecule has 0 radical (unpaired) electrons. The highest BCUT2D eigenvalue weighted by Gasteiger charge is 2.56. The molecule has 26 heteroatoms. The fourth-order valence-electron chi connectivity index (χ4n) is 17.1. The molecule has 6 aliphatic carbocycles. The second-order valence-corrected chi connectivity index (χ2v) is 31.1. The van der Waals surface area contributed by atoms with Crippen LogP contribution in [-0.4, -0.2) is 128 Å². The van der Waals surface area contributed by atoms with Crippen LogP contribution in [0.15, 0.2) is 117 Å². The van der Waals surface area contributed by atoms with E-state index in [2.05, 4.69) is 64.3 Å². The van der Waals surface area contributed by atoms with Crippen LogP contribution in [0.3, 0.4) is 0 Å². The average Bonchev–Trinajstić information content (AvgIpc) is 1.63. The molecule has 1 saturated heterocycles. The number of aliphatic hydroxyl groups is 2. The van der Waals surface area contributed by atoms with Gasteiger partial charge in [-0.05, 0) is 196 Å². The predicted octanol–water partition coefficient (Wildman–Crippen LogP) is 10.9. The molecule has 7 fully saturated rings. The van der Waals surface area contributed by atoms with E-state index in [1.807, 2.05) is 84.2 Å². The summed E-state index contributed by atoms with van der Waals surface area (Å²) in [7, 11) is 0. The van der Waals surface area contributed by atoms with Crippen molar-refractivity contribution in [1.82, 2.24) is 35.2 Å². The van der Waals surface area contributed by atoms with Crippen molar-refractivity contribution in [2.45, 2.75) is 98.6 Å². The molecule has 2 unspecified atom stereocenters. The smallest absolute Gasteiger partial charge is 0.327 e. The van der Waals surface area contributed by atoms with Crippen LogP contribution in [0, 0.1) is 88.5 Å². The Hall–Kier alpha value is -7.46. The fraction of sp³-hybridized carbons (Fsp3) is 0.479. The molecular weight excluding hydrogens is 1330 g/mol. The zero-order valence-corrected chi connectivity index (χ0v) is 57.3. The first-order valence-electron chi connectivity index (χ1n) is 34.1. The lowest BCUT2D eigenvalue weighted by atomic mass is 9.76. The van der Waals surface area contributed by atoms with Gasteiger partial charge in [0, 0.05) is 81.6 Å². The van der Waals surface area contributed by atoms with E-state index in [-0.39, 0.29) is 70.1 Å². The average molecular weight is 1410 g/mol. The first-order chi connectivity index (χ1) is 47.9. The van der Waals surface area contributed by atoms with Crippen molar-refractivity contribution in [3.63, 3.8) is 0 Å². The number of amides is 2. The topological polar surface area (TPSA) is 316 Å². The van der Waals surface area contributed by atoms with Crippen LogP contribution >= 0.6 is 35.3 Å². The van der Waals surface area contributed by atoms with Gasteiger partial charge >= 0.3 is 5.97 Å². The highest BCUT2D eigenvalue weighted by molar-refractivity contribution is 8.00. The van der Waals surface area contributed by atoms with Crippen LogP contribution in [0.2, 0.25) is 0 Å². The Bertz CT molecular complexity index is 3910. The van der Waals surface area contributed by atoms with Crippen LogP contribution in [0.1, 0.15) is 102 Å². The summed E-state index contributed by atoms with van der Waals surface area (Å²) in [5.41, 5.74) is 17.6. The highest BCUT2D eigenvalue weighted by atomic mass is 32.2. The van der Waals surface area contributed by atoms with Gasteiger partial charge in [0.05, 0.1) is 53.6 Å². The van der Waals surface area contributed by atoms with E-state index < -0.39 is 29.8 Å². The Labute approximate surface area is 586 Å². The van der Waals surface area contributed by atoms with E-state index in [4.69, 9.17) is 21.3 Å². The summed E-state index contributed by atoms with van der Waals surface area (Å²) in [4.78, 5) is 71.6. The number of fused-ring (bicyclic) bond motifs is 15. The minimum absolute atomic E-state index is 0.0585. The zero-order chi connectivity index (χ0) is 69.4. The van der Waals surface area contributed by atoms with Crippen LogP contribution < -0.4 is 32.7 Å². The number of carboxylic acids is 1. The second-order valence-electron chi connectivity index (χ2n) is 27.3. The molecule has 0 spiro atoms. The number of nitrogens with one attached hydrogen (secondary N) is 4. The van der Waals surface area contributed by atoms with Crippen LogP contribution in [-0.2, 0) is 38.4 Å². The molecule has 6 saturated carbocycles. The number of rotatable bonds is 6. The molecule has 11 N–H and O–H groups in total. The third-order valence-electron chi connectivity index (χ3n) is 21.6. The number of ketones is 1. The highest BCUT2D eigenvalue weighted by Crippen LogP contribution is 2.60. The van der Waals surface area contributed by atoms with E-state index in [1.54, 1.807) is 23.9 Å². The van der Waals surface area contributed by atoms with Crippen LogP contribution in [0.25, 0.3) is 0 Å². The molecular formula is C73H85F3N12O8S3. The number of anilines is 6. The van der Waals surface area contributed by atoms with Gasteiger partial charge in [0.1, 0.15) is 0 Å². The quantitative estimate of drug-likeness (QED) is 0.0700. The molecule has 18 bridgehead atoms. The standard InChI is InChI=1S/C24H27FN4O2S.C21H21FN4O2S.C21H25FN4OS.C4H8O.C3H4O2/c1-2-23(31)26-10-18-14-7-17-16(18)9-20-19(25)11-27-24(29-20)28-15-5-3-4-13(6-15)21(30)12-32-22(17)8-14;22-15-8-24-21-25-12-3-1-2-10(4-12)17(27)9-29-18-6-11-5-13(18)14(7-16(15)26-21)19(11)20(23)28;22-17-9-24-21-25-13-3-1-2-11(4-13)19(27)10-28-20-6-12-5-15(20)14(16(12)8-23)7-18(17)26-21;1-2-4-5-3-1;1-2-3(4)5/h2-6,11,14,16-18,21-22,30H,1,7-10,12H2,(H,26,31)(H,27,28,29);1-4,8,11,13-14,18-19H,5-7,9H2,(H2,23,28)(H,24,25,26);1-4,9,12,14-16,19-20,27H,5-8,10,23H2,(H,24,25,26);1-4H2;2H,1H2,(H,4,5)/t14-,16+,17-,18-,21?,22+;11-,13-,14+,18+,19-;12-,14+,15-,16-,19?,20+;;/m000../s1. The molecule has 6 aromatic rings. The lowest BCUT2D eigenvalue weighted by molar-refractivity contribution is -0.131. The number of hydrogen-bond donors (Lipinski definition) is 9. The molecule has 20 nitrogen and oxygen atoms in total. The Morgan fingerprint density at radius 2 is 1.05 bits per heavy atom. The number of primary amides is 1. The molecule has 4 aliphatic heterocycles. The molecule has 524 valence electrons. The van der Waals surface area contributed by atoms with Gasteiger partial charge in [-0.25, -0.2) is 47.9 Å². The molecule has 17 atom stereocenters. The van der Waals surface area contributed by atoms with Gasteiger partial charge in [-0.3, -0.25) is 14.4 Å². The molecule has 10 aliphatic rings. The molecule has 16 rings (SSSR count). The number of aromatic nitrogens is 6.